The number of aromatic nitrogens is 4. The van der Waals surface area contributed by atoms with Gasteiger partial charge in [0.1, 0.15) is 17.0 Å². The van der Waals surface area contributed by atoms with Crippen molar-refractivity contribution < 1.29 is 27.0 Å². The van der Waals surface area contributed by atoms with E-state index in [9.17, 15) is 27.0 Å². The lowest BCUT2D eigenvalue weighted by molar-refractivity contribution is 0.477. The fourth-order valence-corrected chi connectivity index (χ4v) is 10.1. The van der Waals surface area contributed by atoms with Gasteiger partial charge >= 0.3 is 0 Å². The van der Waals surface area contributed by atoms with Crippen LogP contribution in [0.5, 0.6) is 11.5 Å². The maximum Gasteiger partial charge on any atom is 0.175 e. The van der Waals surface area contributed by atoms with E-state index in [1.165, 1.54) is 12.5 Å². The van der Waals surface area contributed by atoms with Gasteiger partial charge in [-0.05, 0) is 167 Å². The number of hydrogen-bond donors (Lipinski definition) is 2. The Morgan fingerprint density at radius 2 is 0.940 bits per heavy atom. The molecule has 10 rings (SSSR count). The Hall–Kier alpha value is -6.84. The van der Waals surface area contributed by atoms with Crippen LogP contribution >= 0.6 is 31.9 Å². The summed E-state index contributed by atoms with van der Waals surface area (Å²) in [5.74, 6) is 0.162. The van der Waals surface area contributed by atoms with E-state index in [-0.39, 0.29) is 21.3 Å². The van der Waals surface area contributed by atoms with E-state index in [0.29, 0.717) is 45.5 Å². The van der Waals surface area contributed by atoms with Gasteiger partial charge in [-0.2, -0.15) is 10.2 Å². The molecule has 0 saturated heterocycles. The van der Waals surface area contributed by atoms with Crippen LogP contribution in [0.25, 0.3) is 77.7 Å². The minimum Gasteiger partial charge on any atom is -0.507 e. The first kappa shape index (κ1) is 44.0. The molecule has 0 aliphatic carbocycles. The Morgan fingerprint density at radius 1 is 0.478 bits per heavy atom. The molecule has 0 saturated carbocycles. The van der Waals surface area contributed by atoms with Crippen LogP contribution in [0.4, 0.5) is 0 Å². The predicted octanol–water partition coefficient (Wildman–Crippen LogP) is 12.4. The van der Waals surface area contributed by atoms with Gasteiger partial charge in [-0.15, -0.1) is 0 Å². The average molecular weight is 1050 g/mol. The van der Waals surface area contributed by atoms with Crippen molar-refractivity contribution in [3.05, 3.63) is 190 Å². The molecule has 67 heavy (non-hydrogen) atoms. The Kier molecular flexibility index (Phi) is 11.2. The first-order valence-corrected chi connectivity index (χ1v) is 26.3. The fourth-order valence-electron chi connectivity index (χ4n) is 8.32. The highest BCUT2D eigenvalue weighted by Crippen LogP contribution is 2.42. The second kappa shape index (κ2) is 17.1. The van der Waals surface area contributed by atoms with Crippen molar-refractivity contribution in [1.29, 1.82) is 0 Å². The van der Waals surface area contributed by atoms with Gasteiger partial charge in [0.2, 0.25) is 0 Å². The Morgan fingerprint density at radius 3 is 1.45 bits per heavy atom. The van der Waals surface area contributed by atoms with Crippen LogP contribution in [0.1, 0.15) is 11.1 Å². The number of phenols is 2. The molecule has 0 unspecified atom stereocenters. The third-order valence-electron chi connectivity index (χ3n) is 11.8. The molecule has 0 amide bonds. The first-order chi connectivity index (χ1) is 32.0. The van der Waals surface area contributed by atoms with Crippen LogP contribution in [-0.2, 0) is 26.1 Å². The molecule has 332 valence electrons. The van der Waals surface area contributed by atoms with Crippen LogP contribution in [0.3, 0.4) is 0 Å². The molecule has 10 aromatic rings. The second-order valence-electron chi connectivity index (χ2n) is 16.5. The normalized spacial score (nSPS) is 12.0. The van der Waals surface area contributed by atoms with Crippen molar-refractivity contribution in [3.63, 3.8) is 0 Å². The lowest BCUT2D eigenvalue weighted by atomic mass is 9.92. The van der Waals surface area contributed by atoms with Crippen molar-refractivity contribution >= 4 is 73.3 Å². The quantitative estimate of drug-likeness (QED) is 0.138. The maximum absolute atomic E-state index is 12.2. The molecular weight excluding hydrogens is 1010 g/mol. The molecular formula is C53H38Br2N4O6S2. The molecule has 2 N–H and O–H groups in total. The monoisotopic (exact) mass is 1050 g/mol. The number of fused-ring (bicyclic) bond motifs is 2. The standard InChI is InChI=1S/C53H38Br2N4O6S2/c1-66(62,63)43-17-13-41(14-18-43)58-30-38-26-36(34-5-9-39(54)10-6-34)28-48(53(38)57-58)47-25-33(4-22-52(47)61)23-32-3-21-51(60)46(24-32)45-27-37(35-7-11-40(55)12-8-35)29-50-49(45)31-59(56-50)42-15-19-44(20-16-42)67(2,64)65/h3-22,24-31,60-61H,23H2,1-2H3. The van der Waals surface area contributed by atoms with Crippen LogP contribution in [-0.4, -0.2) is 59.1 Å². The van der Waals surface area contributed by atoms with Gasteiger partial charge in [0.05, 0.1) is 26.7 Å². The Bertz CT molecular complexity index is 3550. The number of rotatable bonds is 10. The molecule has 0 bridgehead atoms. The number of sulfone groups is 2. The fraction of sp³-hybridized carbons (Fsp3) is 0.0566. The van der Waals surface area contributed by atoms with E-state index in [0.717, 1.165) is 58.7 Å². The Balaban J connectivity index is 1.06. The summed E-state index contributed by atoms with van der Waals surface area (Å²) in [6.07, 6.45) is 6.59. The summed E-state index contributed by atoms with van der Waals surface area (Å²) in [6, 6.07) is 48.3. The van der Waals surface area contributed by atoms with Gasteiger partial charge in [-0.25, -0.2) is 26.2 Å². The van der Waals surface area contributed by atoms with E-state index in [4.69, 9.17) is 10.2 Å². The van der Waals surface area contributed by atoms with Crippen molar-refractivity contribution in [2.75, 3.05) is 12.5 Å². The number of benzene rings is 8. The zero-order chi connectivity index (χ0) is 46.8. The molecule has 2 aromatic heterocycles. The first-order valence-electron chi connectivity index (χ1n) is 20.9. The van der Waals surface area contributed by atoms with Gasteiger partial charge in [-0.3, -0.25) is 0 Å². The highest BCUT2D eigenvalue weighted by Gasteiger charge is 2.20. The van der Waals surface area contributed by atoms with Gasteiger partial charge in [0, 0.05) is 61.3 Å². The highest BCUT2D eigenvalue weighted by molar-refractivity contribution is 9.10. The number of hydrogen-bond acceptors (Lipinski definition) is 8. The maximum atomic E-state index is 12.2. The van der Waals surface area contributed by atoms with Gasteiger partial charge in [0.15, 0.2) is 19.7 Å². The smallest absolute Gasteiger partial charge is 0.175 e. The van der Waals surface area contributed by atoms with Crippen LogP contribution in [0.2, 0.25) is 0 Å². The number of nitrogens with zero attached hydrogens (tertiary/aromatic N) is 4. The number of aromatic hydroxyl groups is 2. The molecule has 0 aliphatic heterocycles. The van der Waals surface area contributed by atoms with Crippen molar-refractivity contribution in [2.45, 2.75) is 16.2 Å². The zero-order valence-corrected chi connectivity index (χ0v) is 40.6. The average Bonchev–Trinajstić information content (AvgIpc) is 3.95. The van der Waals surface area contributed by atoms with Crippen LogP contribution in [0, 0.1) is 0 Å². The highest BCUT2D eigenvalue weighted by atomic mass is 79.9. The van der Waals surface area contributed by atoms with Crippen molar-refractivity contribution in [1.82, 2.24) is 19.6 Å². The van der Waals surface area contributed by atoms with Crippen LogP contribution in [0.15, 0.2) is 189 Å². The topological polar surface area (TPSA) is 144 Å². The van der Waals surface area contributed by atoms with E-state index in [1.54, 1.807) is 70.0 Å². The van der Waals surface area contributed by atoms with Gasteiger partial charge < -0.3 is 10.2 Å². The van der Waals surface area contributed by atoms with E-state index >= 15 is 0 Å². The summed E-state index contributed by atoms with van der Waals surface area (Å²) in [7, 11) is -6.77. The SMILES string of the molecule is CS(=O)(=O)c1ccc(-n2cc3c(-c4cc(Cc5ccc(O)c(-c6cc(-c7ccc(Br)cc7)cc7cn(-c8ccc(S(C)(=O)=O)cc8)nc67)c5)ccc4O)cc(-c4ccc(Br)cc4)cc3n2)cc1. The van der Waals surface area contributed by atoms with Crippen molar-refractivity contribution in [2.24, 2.45) is 0 Å². The number of phenolic OH excluding ortho intramolecular Hbond substituents is 2. The summed E-state index contributed by atoms with van der Waals surface area (Å²) in [5.41, 5.74) is 10.9. The lowest BCUT2D eigenvalue weighted by Crippen LogP contribution is -1.99. The lowest BCUT2D eigenvalue weighted by Gasteiger charge is -2.13. The number of halogens is 2. The summed E-state index contributed by atoms with van der Waals surface area (Å²) in [5, 5.41) is 34.7. The van der Waals surface area contributed by atoms with E-state index in [2.05, 4.69) is 37.9 Å². The Labute approximate surface area is 403 Å². The van der Waals surface area contributed by atoms with E-state index in [1.807, 2.05) is 103 Å². The molecule has 8 aromatic carbocycles. The minimum absolute atomic E-state index is 0.0755. The molecule has 14 heteroatoms. The zero-order valence-electron chi connectivity index (χ0n) is 35.8. The summed E-state index contributed by atoms with van der Waals surface area (Å²) >= 11 is 7.09. The summed E-state index contributed by atoms with van der Waals surface area (Å²) in [6.45, 7) is 0. The largest absolute Gasteiger partial charge is 0.507 e. The molecule has 0 aliphatic rings. The second-order valence-corrected chi connectivity index (χ2v) is 22.4. The van der Waals surface area contributed by atoms with Crippen molar-refractivity contribution in [3.8, 4) is 67.4 Å². The summed E-state index contributed by atoms with van der Waals surface area (Å²) in [4.78, 5) is 0.423. The minimum atomic E-state index is -3.39. The van der Waals surface area contributed by atoms with E-state index < -0.39 is 19.7 Å². The molecule has 10 nitrogen and oxygen atoms in total. The third kappa shape index (κ3) is 8.93. The molecule has 0 fully saturated rings. The third-order valence-corrected chi connectivity index (χ3v) is 15.1. The molecule has 2 heterocycles. The molecule has 0 atom stereocenters. The van der Waals surface area contributed by atoms with Gasteiger partial charge in [0.25, 0.3) is 0 Å². The van der Waals surface area contributed by atoms with Crippen LogP contribution < -0.4 is 0 Å². The predicted molar refractivity (Wildman–Crippen MR) is 272 cm³/mol. The summed E-state index contributed by atoms with van der Waals surface area (Å²) < 4.78 is 54.1. The molecule has 0 spiro atoms. The molecule has 0 radical (unpaired) electrons. The van der Waals surface area contributed by atoms with Gasteiger partial charge in [-0.1, -0.05) is 68.3 Å².